The van der Waals surface area contributed by atoms with Gasteiger partial charge in [-0.15, -0.1) is 0 Å². The van der Waals surface area contributed by atoms with Crippen molar-refractivity contribution in [3.63, 3.8) is 0 Å². The minimum Gasteiger partial charge on any atom is -0.301 e. The molecule has 0 radical (unpaired) electrons. The van der Waals surface area contributed by atoms with Gasteiger partial charge in [0, 0.05) is 31.1 Å². The number of nitrogens with zero attached hydrogens (tertiary/aromatic N) is 1. The molecular formula is C26H40NPS2. The summed E-state index contributed by atoms with van der Waals surface area (Å²) in [6.45, 7) is 8.24. The van der Waals surface area contributed by atoms with E-state index in [1.807, 2.05) is 0 Å². The molecule has 0 heterocycles. The van der Waals surface area contributed by atoms with Crippen molar-refractivity contribution >= 4 is 42.1 Å². The van der Waals surface area contributed by atoms with Crippen LogP contribution in [0, 0.1) is 0 Å². The first kappa shape index (κ1) is 25.8. The van der Waals surface area contributed by atoms with E-state index in [0.29, 0.717) is 0 Å². The highest BCUT2D eigenvalue weighted by atomic mass is 32.2. The van der Waals surface area contributed by atoms with Crippen LogP contribution in [0.4, 0.5) is 0 Å². The van der Waals surface area contributed by atoms with E-state index in [4.69, 9.17) is 0 Å². The van der Waals surface area contributed by atoms with Crippen molar-refractivity contribution in [2.75, 3.05) is 48.8 Å². The number of hydrogen-bond acceptors (Lipinski definition) is 3. The number of rotatable bonds is 17. The van der Waals surface area contributed by atoms with Crippen molar-refractivity contribution in [2.24, 2.45) is 0 Å². The first-order valence-electron chi connectivity index (χ1n) is 11.6. The van der Waals surface area contributed by atoms with Gasteiger partial charge in [-0.2, -0.15) is 23.5 Å². The van der Waals surface area contributed by atoms with Crippen LogP contribution < -0.4 is 10.6 Å². The number of unbranched alkanes of at least 4 members (excludes halogenated alkanes) is 2. The van der Waals surface area contributed by atoms with Crippen molar-refractivity contribution in [3.05, 3.63) is 60.7 Å². The zero-order valence-electron chi connectivity index (χ0n) is 19.0. The normalized spacial score (nSPS) is 11.5. The maximum Gasteiger partial charge on any atom is 0.00728 e. The summed E-state index contributed by atoms with van der Waals surface area (Å²) < 4.78 is 0. The lowest BCUT2D eigenvalue weighted by atomic mass is 10.4. The predicted octanol–water partition coefficient (Wildman–Crippen LogP) is 6.49. The van der Waals surface area contributed by atoms with E-state index in [1.54, 1.807) is 0 Å². The molecule has 0 saturated carbocycles. The SMILES string of the molecule is CCCCSCCN(CCSCCCC)CCP(c1ccccc1)c1ccccc1. The highest BCUT2D eigenvalue weighted by Crippen LogP contribution is 2.33. The van der Waals surface area contributed by atoms with Gasteiger partial charge in [0.1, 0.15) is 0 Å². The highest BCUT2D eigenvalue weighted by Gasteiger charge is 2.15. The average molecular weight is 462 g/mol. The Bertz CT molecular complexity index is 584. The average Bonchev–Trinajstić information content (AvgIpc) is 2.80. The van der Waals surface area contributed by atoms with Crippen LogP contribution in [0.15, 0.2) is 60.7 Å². The van der Waals surface area contributed by atoms with Gasteiger partial charge < -0.3 is 4.90 Å². The van der Waals surface area contributed by atoms with Crippen LogP contribution in [0.1, 0.15) is 39.5 Å². The summed E-state index contributed by atoms with van der Waals surface area (Å²) in [5.74, 6) is 5.18. The summed E-state index contributed by atoms with van der Waals surface area (Å²) >= 11 is 4.27. The molecule has 0 aromatic heterocycles. The van der Waals surface area contributed by atoms with Gasteiger partial charge in [0.25, 0.3) is 0 Å². The quantitative estimate of drug-likeness (QED) is 0.196. The van der Waals surface area contributed by atoms with Gasteiger partial charge in [-0.25, -0.2) is 0 Å². The number of thioether (sulfide) groups is 2. The zero-order chi connectivity index (χ0) is 21.3. The predicted molar refractivity (Wildman–Crippen MR) is 145 cm³/mol. The fourth-order valence-corrected chi connectivity index (χ4v) is 7.81. The Kier molecular flexibility index (Phi) is 14.7. The van der Waals surface area contributed by atoms with E-state index in [1.165, 1.54) is 85.1 Å². The lowest BCUT2D eigenvalue weighted by Crippen LogP contribution is -2.32. The molecular weight excluding hydrogens is 421 g/mol. The molecule has 0 atom stereocenters. The molecule has 0 spiro atoms. The molecule has 2 rings (SSSR count). The Morgan fingerprint density at radius 1 is 0.633 bits per heavy atom. The minimum atomic E-state index is -0.287. The van der Waals surface area contributed by atoms with Gasteiger partial charge in [0.15, 0.2) is 0 Å². The van der Waals surface area contributed by atoms with Gasteiger partial charge in [0.2, 0.25) is 0 Å². The van der Waals surface area contributed by atoms with E-state index in [-0.39, 0.29) is 7.92 Å². The molecule has 0 unspecified atom stereocenters. The van der Waals surface area contributed by atoms with Gasteiger partial charge in [-0.3, -0.25) is 0 Å². The summed E-state index contributed by atoms with van der Waals surface area (Å²) in [5.41, 5.74) is 0. The summed E-state index contributed by atoms with van der Waals surface area (Å²) in [4.78, 5) is 2.74. The summed E-state index contributed by atoms with van der Waals surface area (Å²) in [5, 5.41) is 3.02. The first-order chi connectivity index (χ1) is 14.8. The molecule has 0 aliphatic rings. The van der Waals surface area contributed by atoms with E-state index in [2.05, 4.69) is 103 Å². The third kappa shape index (κ3) is 10.7. The number of hydrogen-bond donors (Lipinski definition) is 0. The Morgan fingerprint density at radius 2 is 1.10 bits per heavy atom. The molecule has 1 nitrogen and oxygen atoms in total. The van der Waals surface area contributed by atoms with E-state index in [0.717, 1.165) is 0 Å². The Morgan fingerprint density at radius 3 is 1.53 bits per heavy atom. The van der Waals surface area contributed by atoms with Crippen molar-refractivity contribution < 1.29 is 0 Å². The lowest BCUT2D eigenvalue weighted by molar-refractivity contribution is 0.329. The van der Waals surface area contributed by atoms with E-state index >= 15 is 0 Å². The zero-order valence-corrected chi connectivity index (χ0v) is 21.5. The first-order valence-corrected chi connectivity index (χ1v) is 15.4. The molecule has 0 aliphatic carbocycles. The fourth-order valence-electron chi connectivity index (χ4n) is 3.28. The van der Waals surface area contributed by atoms with Crippen LogP contribution in [-0.2, 0) is 0 Å². The molecule has 166 valence electrons. The van der Waals surface area contributed by atoms with Crippen molar-refractivity contribution in [1.82, 2.24) is 4.90 Å². The molecule has 4 heteroatoms. The molecule has 2 aromatic rings. The maximum atomic E-state index is 2.74. The molecule has 0 fully saturated rings. The molecule has 0 amide bonds. The lowest BCUT2D eigenvalue weighted by Gasteiger charge is -2.26. The summed E-state index contributed by atoms with van der Waals surface area (Å²) in [6, 6.07) is 22.3. The summed E-state index contributed by atoms with van der Waals surface area (Å²) in [6.07, 6.45) is 6.57. The molecule has 0 aliphatic heterocycles. The van der Waals surface area contributed by atoms with Gasteiger partial charge in [0.05, 0.1) is 0 Å². The fraction of sp³-hybridized carbons (Fsp3) is 0.538. The Hall–Kier alpha value is -0.470. The molecule has 0 N–H and O–H groups in total. The topological polar surface area (TPSA) is 3.24 Å². The van der Waals surface area contributed by atoms with Crippen molar-refractivity contribution in [1.29, 1.82) is 0 Å². The third-order valence-corrected chi connectivity index (χ3v) is 9.75. The molecule has 2 aromatic carbocycles. The highest BCUT2D eigenvalue weighted by molar-refractivity contribution is 7.99. The van der Waals surface area contributed by atoms with Crippen LogP contribution in [-0.4, -0.2) is 53.7 Å². The second-order valence-electron chi connectivity index (χ2n) is 7.60. The van der Waals surface area contributed by atoms with Crippen LogP contribution in [0.5, 0.6) is 0 Å². The maximum absolute atomic E-state index is 2.74. The third-order valence-electron chi connectivity index (χ3n) is 5.16. The standard InChI is InChI=1S/C26H40NPS2/c1-3-5-21-29-23-18-27(19-24-30-22-6-4-2)17-20-28(25-13-9-7-10-14-25)26-15-11-8-12-16-26/h7-16H,3-6,17-24H2,1-2H3. The smallest absolute Gasteiger partial charge is 0.00728 e. The molecule has 0 saturated heterocycles. The minimum absolute atomic E-state index is 0.287. The van der Waals surface area contributed by atoms with Crippen molar-refractivity contribution in [3.8, 4) is 0 Å². The monoisotopic (exact) mass is 461 g/mol. The van der Waals surface area contributed by atoms with E-state index < -0.39 is 0 Å². The number of benzene rings is 2. The van der Waals surface area contributed by atoms with Gasteiger partial charge in [-0.1, -0.05) is 87.4 Å². The van der Waals surface area contributed by atoms with Gasteiger partial charge >= 0.3 is 0 Å². The van der Waals surface area contributed by atoms with Crippen LogP contribution in [0.3, 0.4) is 0 Å². The Balaban J connectivity index is 1.94. The second kappa shape index (κ2) is 17.1. The van der Waals surface area contributed by atoms with Gasteiger partial charge in [-0.05, 0) is 49.0 Å². The van der Waals surface area contributed by atoms with Crippen LogP contribution >= 0.6 is 31.4 Å². The largest absolute Gasteiger partial charge is 0.301 e. The molecule has 30 heavy (non-hydrogen) atoms. The Labute approximate surface area is 195 Å². The second-order valence-corrected chi connectivity index (χ2v) is 12.4. The summed E-state index contributed by atoms with van der Waals surface area (Å²) in [7, 11) is -0.287. The van der Waals surface area contributed by atoms with Crippen LogP contribution in [0.25, 0.3) is 0 Å². The van der Waals surface area contributed by atoms with E-state index in [9.17, 15) is 0 Å². The molecule has 0 bridgehead atoms. The van der Waals surface area contributed by atoms with Crippen molar-refractivity contribution in [2.45, 2.75) is 39.5 Å². The van der Waals surface area contributed by atoms with Crippen LogP contribution in [0.2, 0.25) is 0 Å².